The van der Waals surface area contributed by atoms with Gasteiger partial charge in [0.15, 0.2) is 11.6 Å². The first-order chi connectivity index (χ1) is 10.2. The van der Waals surface area contributed by atoms with Gasteiger partial charge in [0.2, 0.25) is 0 Å². The van der Waals surface area contributed by atoms with E-state index in [4.69, 9.17) is 0 Å². The lowest BCUT2D eigenvalue weighted by Crippen LogP contribution is -2.15. The van der Waals surface area contributed by atoms with Gasteiger partial charge in [-0.1, -0.05) is 20.8 Å². The third-order valence-corrected chi connectivity index (χ3v) is 3.41. The molecule has 0 atom stereocenters. The Balaban J connectivity index is 2.26. The van der Waals surface area contributed by atoms with E-state index in [1.165, 1.54) is 5.56 Å². The highest BCUT2D eigenvalue weighted by atomic mass is 15.4. The number of rotatable bonds is 7. The summed E-state index contributed by atoms with van der Waals surface area (Å²) in [5.74, 6) is 2.74. The molecule has 1 N–H and O–H groups in total. The van der Waals surface area contributed by atoms with E-state index in [1.807, 2.05) is 10.9 Å². The molecule has 21 heavy (non-hydrogen) atoms. The van der Waals surface area contributed by atoms with Crippen molar-refractivity contribution in [3.63, 3.8) is 0 Å². The van der Waals surface area contributed by atoms with Gasteiger partial charge in [0.25, 0.3) is 0 Å². The summed E-state index contributed by atoms with van der Waals surface area (Å²) < 4.78 is 1.89. The molecule has 2 aromatic heterocycles. The molecule has 0 amide bonds. The van der Waals surface area contributed by atoms with E-state index in [0.717, 1.165) is 55.4 Å². The van der Waals surface area contributed by atoms with Crippen LogP contribution in [0.1, 0.15) is 50.0 Å². The van der Waals surface area contributed by atoms with Crippen LogP contribution < -0.4 is 5.32 Å². The zero-order valence-electron chi connectivity index (χ0n) is 13.5. The van der Waals surface area contributed by atoms with Gasteiger partial charge in [0.1, 0.15) is 5.82 Å². The van der Waals surface area contributed by atoms with Crippen LogP contribution >= 0.6 is 0 Å². The molecule has 2 heterocycles. The van der Waals surface area contributed by atoms with Gasteiger partial charge in [-0.2, -0.15) is 4.68 Å². The summed E-state index contributed by atoms with van der Waals surface area (Å²) >= 11 is 0. The highest BCUT2D eigenvalue weighted by Gasteiger charge is 2.12. The van der Waals surface area contributed by atoms with E-state index in [1.54, 1.807) is 0 Å². The molecule has 0 aromatic carbocycles. The van der Waals surface area contributed by atoms with Crippen LogP contribution in [0.2, 0.25) is 0 Å². The van der Waals surface area contributed by atoms with Gasteiger partial charge in [-0.25, -0.2) is 9.97 Å². The Morgan fingerprint density at radius 3 is 2.62 bits per heavy atom. The van der Waals surface area contributed by atoms with Crippen molar-refractivity contribution in [1.29, 1.82) is 0 Å². The second-order valence-corrected chi connectivity index (χ2v) is 5.22. The fourth-order valence-electron chi connectivity index (χ4n) is 2.29. The molecule has 0 aliphatic rings. The Morgan fingerprint density at radius 1 is 1.19 bits per heavy atom. The van der Waals surface area contributed by atoms with Crippen molar-refractivity contribution in [2.24, 2.45) is 0 Å². The fourth-order valence-corrected chi connectivity index (χ4v) is 2.29. The molecular weight excluding hydrogens is 262 g/mol. The Kier molecular flexibility index (Phi) is 5.44. The Morgan fingerprint density at radius 2 is 2.00 bits per heavy atom. The molecule has 0 bridgehead atoms. The topological polar surface area (TPSA) is 55.6 Å². The third kappa shape index (κ3) is 3.67. The highest BCUT2D eigenvalue weighted by Crippen LogP contribution is 2.15. The lowest BCUT2D eigenvalue weighted by molar-refractivity contribution is 0.672. The first-order valence-corrected chi connectivity index (χ1v) is 7.80. The molecule has 2 rings (SSSR count). The molecule has 0 spiro atoms. The van der Waals surface area contributed by atoms with Gasteiger partial charge in [0, 0.05) is 25.6 Å². The van der Waals surface area contributed by atoms with Crippen LogP contribution in [-0.4, -0.2) is 26.3 Å². The predicted molar refractivity (Wildman–Crippen MR) is 84.6 cm³/mol. The van der Waals surface area contributed by atoms with Crippen LogP contribution in [0.25, 0.3) is 5.82 Å². The minimum absolute atomic E-state index is 0.845. The smallest absolute Gasteiger partial charge is 0.158 e. The summed E-state index contributed by atoms with van der Waals surface area (Å²) in [7, 11) is 0. The number of nitrogens with one attached hydrogen (secondary N) is 1. The fraction of sp³-hybridized carbons (Fsp3) is 0.562. The summed E-state index contributed by atoms with van der Waals surface area (Å²) in [5, 5.41) is 7.96. The summed E-state index contributed by atoms with van der Waals surface area (Å²) in [6.07, 6.45) is 4.77. The standard InChI is InChI=1S/C16H25N5/c1-5-8-17-10-13-9-12(4)16(18-11-13)21-15(7-3)19-14(6-2)20-21/h9,11,17H,5-8,10H2,1-4H3. The molecule has 0 saturated heterocycles. The minimum atomic E-state index is 0.845. The van der Waals surface area contributed by atoms with E-state index < -0.39 is 0 Å². The van der Waals surface area contributed by atoms with Crippen LogP contribution in [0.3, 0.4) is 0 Å². The lowest BCUT2D eigenvalue weighted by Gasteiger charge is -2.09. The molecule has 5 nitrogen and oxygen atoms in total. The number of pyridine rings is 1. The number of hydrogen-bond acceptors (Lipinski definition) is 4. The van der Waals surface area contributed by atoms with Crippen LogP contribution in [0, 0.1) is 6.92 Å². The van der Waals surface area contributed by atoms with Crippen molar-refractivity contribution in [2.45, 2.75) is 53.5 Å². The van der Waals surface area contributed by atoms with Gasteiger partial charge in [-0.15, -0.1) is 5.10 Å². The van der Waals surface area contributed by atoms with Crippen molar-refractivity contribution in [3.05, 3.63) is 35.0 Å². The normalized spacial score (nSPS) is 11.0. The molecule has 0 unspecified atom stereocenters. The van der Waals surface area contributed by atoms with Crippen molar-refractivity contribution in [3.8, 4) is 5.82 Å². The van der Waals surface area contributed by atoms with Gasteiger partial charge in [0.05, 0.1) is 0 Å². The Hall–Kier alpha value is -1.75. The maximum Gasteiger partial charge on any atom is 0.158 e. The van der Waals surface area contributed by atoms with E-state index in [-0.39, 0.29) is 0 Å². The molecule has 5 heteroatoms. The van der Waals surface area contributed by atoms with Crippen molar-refractivity contribution >= 4 is 0 Å². The largest absolute Gasteiger partial charge is 0.313 e. The minimum Gasteiger partial charge on any atom is -0.313 e. The number of aryl methyl sites for hydroxylation is 3. The third-order valence-electron chi connectivity index (χ3n) is 3.41. The van der Waals surface area contributed by atoms with Crippen molar-refractivity contribution < 1.29 is 0 Å². The van der Waals surface area contributed by atoms with Crippen molar-refractivity contribution in [1.82, 2.24) is 25.1 Å². The molecule has 0 saturated carbocycles. The second kappa shape index (κ2) is 7.31. The monoisotopic (exact) mass is 287 g/mol. The summed E-state index contributed by atoms with van der Waals surface area (Å²) in [5.41, 5.74) is 2.34. The van der Waals surface area contributed by atoms with Gasteiger partial charge in [-0.3, -0.25) is 0 Å². The molecule has 0 fully saturated rings. The number of hydrogen-bond donors (Lipinski definition) is 1. The van der Waals surface area contributed by atoms with Crippen LogP contribution in [-0.2, 0) is 19.4 Å². The van der Waals surface area contributed by atoms with Gasteiger partial charge < -0.3 is 5.32 Å². The number of nitrogens with zero attached hydrogens (tertiary/aromatic N) is 4. The molecule has 0 aliphatic heterocycles. The summed E-state index contributed by atoms with van der Waals surface area (Å²) in [6, 6.07) is 2.18. The SMILES string of the molecule is CCCNCc1cnc(-n2nc(CC)nc2CC)c(C)c1. The van der Waals surface area contributed by atoms with Crippen LogP contribution in [0.5, 0.6) is 0 Å². The molecule has 0 radical (unpaired) electrons. The first-order valence-electron chi connectivity index (χ1n) is 7.80. The first kappa shape index (κ1) is 15.6. The highest BCUT2D eigenvalue weighted by molar-refractivity contribution is 5.35. The molecule has 2 aromatic rings. The zero-order chi connectivity index (χ0) is 15.2. The maximum absolute atomic E-state index is 4.60. The second-order valence-electron chi connectivity index (χ2n) is 5.22. The van der Waals surface area contributed by atoms with E-state index in [9.17, 15) is 0 Å². The molecule has 0 aliphatic carbocycles. The zero-order valence-corrected chi connectivity index (χ0v) is 13.5. The summed E-state index contributed by atoms with van der Waals surface area (Å²) in [4.78, 5) is 9.15. The van der Waals surface area contributed by atoms with Gasteiger partial charge >= 0.3 is 0 Å². The number of aromatic nitrogens is 4. The van der Waals surface area contributed by atoms with Crippen LogP contribution in [0.15, 0.2) is 12.3 Å². The average molecular weight is 287 g/mol. The molecular formula is C16H25N5. The maximum atomic E-state index is 4.60. The quantitative estimate of drug-likeness (QED) is 0.795. The Bertz CT molecular complexity index is 588. The van der Waals surface area contributed by atoms with E-state index in [0.29, 0.717) is 0 Å². The van der Waals surface area contributed by atoms with Gasteiger partial charge in [-0.05, 0) is 37.1 Å². The van der Waals surface area contributed by atoms with E-state index >= 15 is 0 Å². The van der Waals surface area contributed by atoms with Crippen LogP contribution in [0.4, 0.5) is 0 Å². The average Bonchev–Trinajstić information content (AvgIpc) is 2.91. The summed E-state index contributed by atoms with van der Waals surface area (Å²) in [6.45, 7) is 10.3. The van der Waals surface area contributed by atoms with E-state index in [2.05, 4.69) is 54.1 Å². The predicted octanol–water partition coefficient (Wildman–Crippen LogP) is 2.60. The van der Waals surface area contributed by atoms with Crippen molar-refractivity contribution in [2.75, 3.05) is 6.54 Å². The Labute approximate surface area is 126 Å². The molecule has 114 valence electrons. The lowest BCUT2D eigenvalue weighted by atomic mass is 10.2.